The Kier molecular flexibility index (Phi) is 5.49. The third kappa shape index (κ3) is 4.27. The number of halogens is 1. The molecule has 1 N–H and O–H groups in total. The summed E-state index contributed by atoms with van der Waals surface area (Å²) >= 11 is 0. The van der Waals surface area contributed by atoms with E-state index in [0.717, 1.165) is 12.2 Å². The lowest BCUT2D eigenvalue weighted by Crippen LogP contribution is -2.41. The molecule has 7 nitrogen and oxygen atoms in total. The van der Waals surface area contributed by atoms with Gasteiger partial charge in [0.25, 0.3) is 0 Å². The third-order valence-electron chi connectivity index (χ3n) is 4.27. The van der Waals surface area contributed by atoms with Crippen LogP contribution in [-0.4, -0.2) is 53.2 Å². The van der Waals surface area contributed by atoms with Crippen LogP contribution >= 0.6 is 0 Å². The molecular weight excluding hydrogens is 325 g/mol. The number of carbonyl (C=O) groups excluding carboxylic acids is 1. The average molecular weight is 345 g/mol. The number of anilines is 1. The highest BCUT2D eigenvalue weighted by Crippen LogP contribution is 2.24. The van der Waals surface area contributed by atoms with Crippen molar-refractivity contribution in [2.24, 2.45) is 0 Å². The van der Waals surface area contributed by atoms with E-state index in [-0.39, 0.29) is 30.2 Å². The van der Waals surface area contributed by atoms with Gasteiger partial charge >= 0.3 is 0 Å². The number of hydrogen-bond acceptors (Lipinski definition) is 6. The van der Waals surface area contributed by atoms with Gasteiger partial charge in [-0.2, -0.15) is 0 Å². The number of methoxy groups -OCH3 is 1. The largest absolute Gasteiger partial charge is 0.380 e. The Hall–Kier alpha value is -2.61. The van der Waals surface area contributed by atoms with Gasteiger partial charge in [-0.3, -0.25) is 9.78 Å². The van der Waals surface area contributed by atoms with E-state index >= 15 is 0 Å². The molecule has 1 saturated heterocycles. The zero-order valence-electron chi connectivity index (χ0n) is 13.9. The van der Waals surface area contributed by atoms with Crippen molar-refractivity contribution in [3.05, 3.63) is 48.4 Å². The van der Waals surface area contributed by atoms with Crippen LogP contribution < -0.4 is 10.2 Å². The molecule has 1 aliphatic heterocycles. The van der Waals surface area contributed by atoms with E-state index in [1.165, 1.54) is 24.7 Å². The Balaban J connectivity index is 1.60. The minimum Gasteiger partial charge on any atom is -0.380 e. The number of carbonyl (C=O) groups is 1. The normalized spacial score (nSPS) is 19.8. The molecule has 0 aromatic carbocycles. The van der Waals surface area contributed by atoms with E-state index in [4.69, 9.17) is 4.74 Å². The topological polar surface area (TPSA) is 80.2 Å². The highest BCUT2D eigenvalue weighted by atomic mass is 19.1. The first-order valence-electron chi connectivity index (χ1n) is 8.09. The molecule has 2 aromatic rings. The Bertz CT molecular complexity index is 715. The summed E-state index contributed by atoms with van der Waals surface area (Å²) in [7, 11) is 1.67. The first-order valence-corrected chi connectivity index (χ1v) is 8.09. The van der Waals surface area contributed by atoms with Crippen LogP contribution in [0, 0.1) is 5.82 Å². The van der Waals surface area contributed by atoms with Gasteiger partial charge in [0.05, 0.1) is 24.3 Å². The highest BCUT2D eigenvalue weighted by Gasteiger charge is 2.33. The summed E-state index contributed by atoms with van der Waals surface area (Å²) in [5.74, 6) is 0.0613. The molecule has 1 aliphatic rings. The van der Waals surface area contributed by atoms with Crippen molar-refractivity contribution in [2.45, 2.75) is 25.0 Å². The fourth-order valence-corrected chi connectivity index (χ4v) is 2.97. The molecule has 0 bridgehead atoms. The number of rotatable bonds is 6. The molecule has 1 fully saturated rings. The zero-order valence-corrected chi connectivity index (χ0v) is 13.9. The SMILES string of the molecule is CO[C@@H]1C[C@H](CNC(=O)Cc2ncccc2F)N(c2ccncn2)C1. The molecule has 0 radical (unpaired) electrons. The number of ether oxygens (including phenoxy) is 1. The van der Waals surface area contributed by atoms with Crippen molar-refractivity contribution >= 4 is 11.7 Å². The fraction of sp³-hybridized carbons (Fsp3) is 0.412. The molecule has 132 valence electrons. The molecular formula is C17H20FN5O2. The molecule has 2 atom stereocenters. The summed E-state index contributed by atoms with van der Waals surface area (Å²) in [6.07, 6.45) is 5.42. The summed E-state index contributed by atoms with van der Waals surface area (Å²) in [6.45, 7) is 1.13. The van der Waals surface area contributed by atoms with Gasteiger partial charge in [0.1, 0.15) is 18.0 Å². The predicted molar refractivity (Wildman–Crippen MR) is 89.5 cm³/mol. The van der Waals surface area contributed by atoms with E-state index in [2.05, 4.69) is 25.2 Å². The summed E-state index contributed by atoms with van der Waals surface area (Å²) < 4.78 is 19.0. The van der Waals surface area contributed by atoms with Gasteiger partial charge in [0.15, 0.2) is 0 Å². The smallest absolute Gasteiger partial charge is 0.226 e. The number of hydrogen-bond donors (Lipinski definition) is 1. The second kappa shape index (κ2) is 7.98. The molecule has 2 aromatic heterocycles. The Labute approximate surface area is 145 Å². The summed E-state index contributed by atoms with van der Waals surface area (Å²) in [6, 6.07) is 4.68. The lowest BCUT2D eigenvalue weighted by atomic mass is 10.2. The lowest BCUT2D eigenvalue weighted by molar-refractivity contribution is -0.120. The first kappa shape index (κ1) is 17.2. The van der Waals surface area contributed by atoms with Crippen LogP contribution in [0.15, 0.2) is 36.9 Å². The number of aromatic nitrogens is 3. The van der Waals surface area contributed by atoms with Crippen molar-refractivity contribution in [1.29, 1.82) is 0 Å². The van der Waals surface area contributed by atoms with E-state index < -0.39 is 5.82 Å². The van der Waals surface area contributed by atoms with Crippen LogP contribution in [0.1, 0.15) is 12.1 Å². The first-order chi connectivity index (χ1) is 12.2. The highest BCUT2D eigenvalue weighted by molar-refractivity contribution is 5.78. The van der Waals surface area contributed by atoms with Gasteiger partial charge in [-0.05, 0) is 24.6 Å². The van der Waals surface area contributed by atoms with Gasteiger partial charge in [0, 0.05) is 32.6 Å². The molecule has 0 spiro atoms. The van der Waals surface area contributed by atoms with Crippen LogP contribution in [0.5, 0.6) is 0 Å². The Morgan fingerprint density at radius 3 is 3.00 bits per heavy atom. The monoisotopic (exact) mass is 345 g/mol. The number of nitrogens with zero attached hydrogens (tertiary/aromatic N) is 4. The van der Waals surface area contributed by atoms with Gasteiger partial charge < -0.3 is 15.0 Å². The Morgan fingerprint density at radius 2 is 2.28 bits per heavy atom. The van der Waals surface area contributed by atoms with E-state index in [0.29, 0.717) is 13.1 Å². The van der Waals surface area contributed by atoms with Gasteiger partial charge in [-0.25, -0.2) is 14.4 Å². The van der Waals surface area contributed by atoms with Gasteiger partial charge in [-0.15, -0.1) is 0 Å². The summed E-state index contributed by atoms with van der Waals surface area (Å²) in [5.41, 5.74) is 0.147. The number of nitrogens with one attached hydrogen (secondary N) is 1. The van der Waals surface area contributed by atoms with Crippen molar-refractivity contribution in [2.75, 3.05) is 25.1 Å². The van der Waals surface area contributed by atoms with E-state index in [1.54, 1.807) is 13.3 Å². The molecule has 1 amide bonds. The van der Waals surface area contributed by atoms with Crippen molar-refractivity contribution < 1.29 is 13.9 Å². The van der Waals surface area contributed by atoms with Crippen LogP contribution in [-0.2, 0) is 16.0 Å². The summed E-state index contributed by atoms with van der Waals surface area (Å²) in [4.78, 5) is 26.3. The molecule has 0 saturated carbocycles. The van der Waals surface area contributed by atoms with E-state index in [1.807, 2.05) is 6.07 Å². The second-order valence-electron chi connectivity index (χ2n) is 5.88. The Morgan fingerprint density at radius 1 is 1.40 bits per heavy atom. The predicted octanol–water partition coefficient (Wildman–Crippen LogP) is 0.963. The second-order valence-corrected chi connectivity index (χ2v) is 5.88. The quantitative estimate of drug-likeness (QED) is 0.840. The maximum absolute atomic E-state index is 13.6. The average Bonchev–Trinajstić information content (AvgIpc) is 3.06. The maximum atomic E-state index is 13.6. The van der Waals surface area contributed by atoms with Gasteiger partial charge in [-0.1, -0.05) is 0 Å². The van der Waals surface area contributed by atoms with Crippen LogP contribution in [0.4, 0.5) is 10.2 Å². The summed E-state index contributed by atoms with van der Waals surface area (Å²) in [5, 5.41) is 2.86. The molecule has 0 unspecified atom stereocenters. The van der Waals surface area contributed by atoms with Crippen molar-refractivity contribution in [1.82, 2.24) is 20.3 Å². The maximum Gasteiger partial charge on any atom is 0.226 e. The minimum absolute atomic E-state index is 0.0531. The number of pyridine rings is 1. The standard InChI is InChI=1S/C17H20FN5O2/c1-25-13-7-12(23(10-13)16-4-6-19-11-22-16)9-21-17(24)8-15-14(18)3-2-5-20-15/h2-6,11-13H,7-10H2,1H3,(H,21,24)/t12-,13-/m1/s1. The van der Waals surface area contributed by atoms with Crippen molar-refractivity contribution in [3.8, 4) is 0 Å². The molecule has 0 aliphatic carbocycles. The lowest BCUT2D eigenvalue weighted by Gasteiger charge is -2.25. The zero-order chi connectivity index (χ0) is 17.6. The molecule has 8 heteroatoms. The fourth-order valence-electron chi connectivity index (χ4n) is 2.97. The molecule has 25 heavy (non-hydrogen) atoms. The van der Waals surface area contributed by atoms with E-state index in [9.17, 15) is 9.18 Å². The van der Waals surface area contributed by atoms with Crippen LogP contribution in [0.25, 0.3) is 0 Å². The van der Waals surface area contributed by atoms with Crippen LogP contribution in [0.3, 0.4) is 0 Å². The third-order valence-corrected chi connectivity index (χ3v) is 4.27. The molecule has 3 heterocycles. The number of amides is 1. The molecule has 3 rings (SSSR count). The van der Waals surface area contributed by atoms with Gasteiger partial charge in [0.2, 0.25) is 5.91 Å². The van der Waals surface area contributed by atoms with Crippen LogP contribution in [0.2, 0.25) is 0 Å². The van der Waals surface area contributed by atoms with Crippen molar-refractivity contribution in [3.63, 3.8) is 0 Å². The minimum atomic E-state index is -0.472.